The van der Waals surface area contributed by atoms with Gasteiger partial charge in [-0.05, 0) is 47.0 Å². The van der Waals surface area contributed by atoms with Crippen molar-refractivity contribution in [3.05, 3.63) is 51.6 Å². The Morgan fingerprint density at radius 1 is 1.32 bits per heavy atom. The van der Waals surface area contributed by atoms with E-state index < -0.39 is 5.97 Å². The molecule has 1 heterocycles. The second-order valence-corrected chi connectivity index (χ2v) is 4.98. The van der Waals surface area contributed by atoms with Gasteiger partial charge < -0.3 is 9.84 Å². The van der Waals surface area contributed by atoms with Crippen molar-refractivity contribution in [3.8, 4) is 11.6 Å². The second-order valence-electron chi connectivity index (χ2n) is 4.13. The van der Waals surface area contributed by atoms with Crippen LogP contribution in [0.5, 0.6) is 11.6 Å². The summed E-state index contributed by atoms with van der Waals surface area (Å²) in [6, 6.07) is 6.75. The van der Waals surface area contributed by atoms with E-state index in [-0.39, 0.29) is 5.56 Å². The molecule has 0 aliphatic rings. The van der Waals surface area contributed by atoms with Crippen molar-refractivity contribution in [2.24, 2.45) is 0 Å². The quantitative estimate of drug-likeness (QED) is 0.929. The number of benzene rings is 1. The predicted molar refractivity (Wildman–Crippen MR) is 74.9 cm³/mol. The Hall–Kier alpha value is -1.88. The summed E-state index contributed by atoms with van der Waals surface area (Å²) in [5, 5.41) is 9.16. The lowest BCUT2D eigenvalue weighted by Crippen LogP contribution is -2.02. The molecule has 0 spiro atoms. The first-order valence-corrected chi connectivity index (χ1v) is 6.41. The topological polar surface area (TPSA) is 59.4 Å². The first-order chi connectivity index (χ1) is 8.99. The van der Waals surface area contributed by atoms with Crippen LogP contribution in [0, 0.1) is 13.8 Å². The van der Waals surface area contributed by atoms with Crippen LogP contribution in [0.3, 0.4) is 0 Å². The molecule has 0 unspecified atom stereocenters. The van der Waals surface area contributed by atoms with Crippen molar-refractivity contribution < 1.29 is 14.6 Å². The van der Waals surface area contributed by atoms with Gasteiger partial charge in [0.1, 0.15) is 11.3 Å². The van der Waals surface area contributed by atoms with E-state index in [1.54, 1.807) is 31.3 Å². The molecule has 98 valence electrons. The molecule has 1 N–H and O–H groups in total. The van der Waals surface area contributed by atoms with E-state index in [2.05, 4.69) is 20.9 Å². The van der Waals surface area contributed by atoms with E-state index >= 15 is 0 Å². The zero-order valence-electron chi connectivity index (χ0n) is 10.5. The zero-order chi connectivity index (χ0) is 14.0. The molecule has 0 aliphatic heterocycles. The van der Waals surface area contributed by atoms with Gasteiger partial charge in [-0.2, -0.15) is 0 Å². The standard InChI is InChI=1S/C14H12BrNO3/c1-8-4-3-5-10(14(17)18)13(8)19-12-6-9(2)11(15)7-16-12/h3-7H,1-2H3,(H,17,18). The van der Waals surface area contributed by atoms with Crippen LogP contribution in [0.4, 0.5) is 0 Å². The monoisotopic (exact) mass is 321 g/mol. The third-order valence-electron chi connectivity index (χ3n) is 2.67. The van der Waals surface area contributed by atoms with Crippen LogP contribution in [0.1, 0.15) is 21.5 Å². The summed E-state index contributed by atoms with van der Waals surface area (Å²) in [6.45, 7) is 3.71. The maximum atomic E-state index is 11.2. The molecular formula is C14H12BrNO3. The van der Waals surface area contributed by atoms with E-state index in [9.17, 15) is 4.79 Å². The summed E-state index contributed by atoms with van der Waals surface area (Å²) in [5.74, 6) is -0.325. The number of ether oxygens (including phenoxy) is 1. The minimum Gasteiger partial charge on any atom is -0.478 e. The minimum atomic E-state index is -1.02. The molecule has 0 aliphatic carbocycles. The number of halogens is 1. The van der Waals surface area contributed by atoms with E-state index in [4.69, 9.17) is 9.84 Å². The van der Waals surface area contributed by atoms with Gasteiger partial charge in [0.15, 0.2) is 0 Å². The van der Waals surface area contributed by atoms with Gasteiger partial charge in [-0.1, -0.05) is 12.1 Å². The highest BCUT2D eigenvalue weighted by Crippen LogP contribution is 2.29. The van der Waals surface area contributed by atoms with Crippen LogP contribution in [-0.2, 0) is 0 Å². The highest BCUT2D eigenvalue weighted by molar-refractivity contribution is 9.10. The van der Waals surface area contributed by atoms with Gasteiger partial charge in [-0.15, -0.1) is 0 Å². The summed E-state index contributed by atoms with van der Waals surface area (Å²) in [6.07, 6.45) is 1.63. The van der Waals surface area contributed by atoms with Gasteiger partial charge in [0.05, 0.1) is 0 Å². The number of carboxylic acids is 1. The minimum absolute atomic E-state index is 0.127. The van der Waals surface area contributed by atoms with E-state index in [0.29, 0.717) is 11.6 Å². The summed E-state index contributed by atoms with van der Waals surface area (Å²) in [7, 11) is 0. The van der Waals surface area contributed by atoms with Crippen molar-refractivity contribution >= 4 is 21.9 Å². The smallest absolute Gasteiger partial charge is 0.339 e. The maximum Gasteiger partial charge on any atom is 0.339 e. The van der Waals surface area contributed by atoms with Crippen LogP contribution in [0.25, 0.3) is 0 Å². The molecule has 0 atom stereocenters. The molecule has 0 saturated heterocycles. The largest absolute Gasteiger partial charge is 0.478 e. The summed E-state index contributed by atoms with van der Waals surface area (Å²) in [4.78, 5) is 15.3. The molecule has 0 saturated carbocycles. The van der Waals surface area contributed by atoms with Gasteiger partial charge in [0.2, 0.25) is 5.88 Å². The molecular weight excluding hydrogens is 310 g/mol. The fraction of sp³-hybridized carbons (Fsp3) is 0.143. The number of carboxylic acid groups (broad SMARTS) is 1. The van der Waals surface area contributed by atoms with E-state index in [1.807, 2.05) is 6.92 Å². The molecule has 0 fully saturated rings. The molecule has 19 heavy (non-hydrogen) atoms. The van der Waals surface area contributed by atoms with Crippen molar-refractivity contribution in [1.82, 2.24) is 4.98 Å². The van der Waals surface area contributed by atoms with Crippen molar-refractivity contribution in [3.63, 3.8) is 0 Å². The van der Waals surface area contributed by atoms with Gasteiger partial charge >= 0.3 is 5.97 Å². The molecule has 0 bridgehead atoms. The SMILES string of the molecule is Cc1cc(Oc2c(C)cccc2C(=O)O)ncc1Br. The molecule has 1 aromatic heterocycles. The van der Waals surface area contributed by atoms with E-state index in [0.717, 1.165) is 15.6 Å². The Morgan fingerprint density at radius 2 is 2.05 bits per heavy atom. The molecule has 2 rings (SSSR count). The number of hydrogen-bond acceptors (Lipinski definition) is 3. The Morgan fingerprint density at radius 3 is 2.68 bits per heavy atom. The number of carbonyl (C=O) groups is 1. The van der Waals surface area contributed by atoms with Crippen LogP contribution < -0.4 is 4.74 Å². The fourth-order valence-electron chi connectivity index (χ4n) is 1.63. The van der Waals surface area contributed by atoms with Crippen molar-refractivity contribution in [2.75, 3.05) is 0 Å². The summed E-state index contributed by atoms with van der Waals surface area (Å²) < 4.78 is 6.50. The highest BCUT2D eigenvalue weighted by atomic mass is 79.9. The summed E-state index contributed by atoms with van der Waals surface area (Å²) in [5.41, 5.74) is 1.85. The van der Waals surface area contributed by atoms with Crippen LogP contribution in [0.15, 0.2) is 34.9 Å². The number of aryl methyl sites for hydroxylation is 2. The van der Waals surface area contributed by atoms with E-state index in [1.165, 1.54) is 6.07 Å². The number of para-hydroxylation sites is 1. The fourth-order valence-corrected chi connectivity index (χ4v) is 1.85. The summed E-state index contributed by atoms with van der Waals surface area (Å²) >= 11 is 3.35. The van der Waals surface area contributed by atoms with Crippen LogP contribution in [0.2, 0.25) is 0 Å². The third kappa shape index (κ3) is 2.93. The van der Waals surface area contributed by atoms with Gasteiger partial charge in [0, 0.05) is 16.7 Å². The molecule has 0 radical (unpaired) electrons. The first kappa shape index (κ1) is 13.5. The third-order valence-corrected chi connectivity index (χ3v) is 3.50. The predicted octanol–water partition coefficient (Wildman–Crippen LogP) is 3.95. The van der Waals surface area contributed by atoms with Crippen molar-refractivity contribution in [1.29, 1.82) is 0 Å². The van der Waals surface area contributed by atoms with Crippen LogP contribution >= 0.6 is 15.9 Å². The Bertz CT molecular complexity index is 641. The lowest BCUT2D eigenvalue weighted by atomic mass is 10.1. The molecule has 4 nitrogen and oxygen atoms in total. The van der Waals surface area contributed by atoms with Gasteiger partial charge in [-0.3, -0.25) is 0 Å². The lowest BCUT2D eigenvalue weighted by molar-refractivity contribution is 0.0694. The maximum absolute atomic E-state index is 11.2. The van der Waals surface area contributed by atoms with Gasteiger partial charge in [0.25, 0.3) is 0 Å². The number of pyridine rings is 1. The molecule has 1 aromatic carbocycles. The average molecular weight is 322 g/mol. The number of nitrogens with zero attached hydrogens (tertiary/aromatic N) is 1. The number of aromatic nitrogens is 1. The molecule has 0 amide bonds. The lowest BCUT2D eigenvalue weighted by Gasteiger charge is -2.11. The Kier molecular flexibility index (Phi) is 3.85. The normalized spacial score (nSPS) is 10.3. The Labute approximate surface area is 119 Å². The number of rotatable bonds is 3. The van der Waals surface area contributed by atoms with Gasteiger partial charge in [-0.25, -0.2) is 9.78 Å². The molecule has 5 heteroatoms. The number of hydrogen-bond donors (Lipinski definition) is 1. The first-order valence-electron chi connectivity index (χ1n) is 5.62. The average Bonchev–Trinajstić information content (AvgIpc) is 2.36. The number of aromatic carboxylic acids is 1. The second kappa shape index (κ2) is 5.40. The zero-order valence-corrected chi connectivity index (χ0v) is 12.1. The Balaban J connectivity index is 2.42. The van der Waals surface area contributed by atoms with Crippen LogP contribution in [-0.4, -0.2) is 16.1 Å². The van der Waals surface area contributed by atoms with Crippen molar-refractivity contribution in [2.45, 2.75) is 13.8 Å². The highest BCUT2D eigenvalue weighted by Gasteiger charge is 2.14. The molecule has 2 aromatic rings.